The lowest BCUT2D eigenvalue weighted by atomic mass is 10.1. The number of carboxylic acid groups (broad SMARTS) is 1. The SMILES string of the molecule is CCc1ccc(OC(C=O)CCN(C)c2cccc(C(=O)O)c2)cc1. The highest BCUT2D eigenvalue weighted by Crippen LogP contribution is 2.18. The van der Waals surface area contributed by atoms with E-state index in [9.17, 15) is 9.59 Å². The van der Waals surface area contributed by atoms with Gasteiger partial charge in [-0.2, -0.15) is 0 Å². The van der Waals surface area contributed by atoms with E-state index in [2.05, 4.69) is 6.92 Å². The first-order valence-electron chi connectivity index (χ1n) is 8.29. The highest BCUT2D eigenvalue weighted by Gasteiger charge is 2.12. The summed E-state index contributed by atoms with van der Waals surface area (Å²) in [7, 11) is 1.86. The molecule has 2 aromatic rings. The Bertz CT molecular complexity index is 712. The maximum Gasteiger partial charge on any atom is 0.335 e. The van der Waals surface area contributed by atoms with Gasteiger partial charge in [0.2, 0.25) is 0 Å². The second kappa shape index (κ2) is 8.87. The molecule has 0 aliphatic heterocycles. The summed E-state index contributed by atoms with van der Waals surface area (Å²) in [4.78, 5) is 24.3. The third-order valence-corrected chi connectivity index (χ3v) is 4.05. The van der Waals surface area contributed by atoms with E-state index in [0.717, 1.165) is 18.4 Å². The molecule has 5 nitrogen and oxygen atoms in total. The smallest absolute Gasteiger partial charge is 0.335 e. The Kier molecular flexibility index (Phi) is 6.57. The Labute approximate surface area is 147 Å². The summed E-state index contributed by atoms with van der Waals surface area (Å²) >= 11 is 0. The molecule has 2 aromatic carbocycles. The number of benzene rings is 2. The number of aromatic carboxylic acids is 1. The van der Waals surface area contributed by atoms with Crippen LogP contribution in [0.3, 0.4) is 0 Å². The second-order valence-corrected chi connectivity index (χ2v) is 5.86. The Balaban J connectivity index is 1.93. The lowest BCUT2D eigenvalue weighted by Gasteiger charge is -2.22. The van der Waals surface area contributed by atoms with Gasteiger partial charge < -0.3 is 14.7 Å². The molecule has 5 heteroatoms. The quantitative estimate of drug-likeness (QED) is 0.708. The third-order valence-electron chi connectivity index (χ3n) is 4.05. The molecule has 0 fully saturated rings. The molecule has 0 aliphatic carbocycles. The van der Waals surface area contributed by atoms with Gasteiger partial charge in [-0.25, -0.2) is 4.79 Å². The van der Waals surface area contributed by atoms with Gasteiger partial charge in [-0.1, -0.05) is 25.1 Å². The Morgan fingerprint density at radius 3 is 2.56 bits per heavy atom. The topological polar surface area (TPSA) is 66.8 Å². The van der Waals surface area contributed by atoms with Gasteiger partial charge in [0.15, 0.2) is 12.4 Å². The molecule has 2 rings (SSSR count). The van der Waals surface area contributed by atoms with Crippen molar-refractivity contribution in [1.29, 1.82) is 0 Å². The molecule has 0 bridgehead atoms. The van der Waals surface area contributed by atoms with Gasteiger partial charge in [0, 0.05) is 25.7 Å². The molecular formula is C20H23NO4. The molecule has 0 radical (unpaired) electrons. The van der Waals surface area contributed by atoms with Crippen LogP contribution in [0.5, 0.6) is 5.75 Å². The van der Waals surface area contributed by atoms with Crippen molar-refractivity contribution in [3.05, 3.63) is 59.7 Å². The number of aldehydes is 1. The average Bonchev–Trinajstić information content (AvgIpc) is 2.65. The van der Waals surface area contributed by atoms with Crippen LogP contribution in [-0.4, -0.2) is 37.1 Å². The lowest BCUT2D eigenvalue weighted by molar-refractivity contribution is -0.113. The fourth-order valence-corrected chi connectivity index (χ4v) is 2.46. The number of rotatable bonds is 9. The summed E-state index contributed by atoms with van der Waals surface area (Å²) in [6.07, 6.45) is 1.72. The summed E-state index contributed by atoms with van der Waals surface area (Å²) < 4.78 is 5.72. The normalized spacial score (nSPS) is 11.6. The Morgan fingerprint density at radius 1 is 1.24 bits per heavy atom. The van der Waals surface area contributed by atoms with Crippen molar-refractivity contribution < 1.29 is 19.4 Å². The predicted molar refractivity (Wildman–Crippen MR) is 97.6 cm³/mol. The first kappa shape index (κ1) is 18.5. The number of carbonyl (C=O) groups is 2. The molecule has 0 saturated carbocycles. The largest absolute Gasteiger partial charge is 0.483 e. The fourth-order valence-electron chi connectivity index (χ4n) is 2.46. The Morgan fingerprint density at radius 2 is 1.96 bits per heavy atom. The summed E-state index contributed by atoms with van der Waals surface area (Å²) in [6, 6.07) is 14.4. The molecule has 0 spiro atoms. The first-order chi connectivity index (χ1) is 12.0. The van der Waals surface area contributed by atoms with Crippen molar-refractivity contribution in [3.63, 3.8) is 0 Å². The van der Waals surface area contributed by atoms with Crippen LogP contribution in [0.1, 0.15) is 29.3 Å². The van der Waals surface area contributed by atoms with Gasteiger partial charge in [0.05, 0.1) is 5.56 Å². The van der Waals surface area contributed by atoms with Crippen molar-refractivity contribution in [2.45, 2.75) is 25.9 Å². The fraction of sp³-hybridized carbons (Fsp3) is 0.300. The van der Waals surface area contributed by atoms with Crippen LogP contribution in [0.25, 0.3) is 0 Å². The monoisotopic (exact) mass is 341 g/mol. The summed E-state index contributed by atoms with van der Waals surface area (Å²) in [6.45, 7) is 2.65. The van der Waals surface area contributed by atoms with E-state index >= 15 is 0 Å². The van der Waals surface area contributed by atoms with Crippen LogP contribution in [0.15, 0.2) is 48.5 Å². The number of aryl methyl sites for hydroxylation is 1. The van der Waals surface area contributed by atoms with Crippen LogP contribution in [0.2, 0.25) is 0 Å². The molecular weight excluding hydrogens is 318 g/mol. The van der Waals surface area contributed by atoms with E-state index in [4.69, 9.17) is 9.84 Å². The number of ether oxygens (including phenoxy) is 1. The van der Waals surface area contributed by atoms with Crippen molar-refractivity contribution in [2.24, 2.45) is 0 Å². The number of anilines is 1. The van der Waals surface area contributed by atoms with E-state index in [1.54, 1.807) is 18.2 Å². The highest BCUT2D eigenvalue weighted by molar-refractivity contribution is 5.88. The van der Waals surface area contributed by atoms with Gasteiger partial charge in [-0.05, 0) is 42.3 Å². The molecule has 25 heavy (non-hydrogen) atoms. The molecule has 0 aliphatic rings. The molecule has 0 aromatic heterocycles. The lowest BCUT2D eigenvalue weighted by Crippen LogP contribution is -2.27. The van der Waals surface area contributed by atoms with Crippen LogP contribution >= 0.6 is 0 Å². The van der Waals surface area contributed by atoms with Crippen LogP contribution in [0.4, 0.5) is 5.69 Å². The standard InChI is InChI=1S/C20H23NO4/c1-3-15-7-9-18(10-8-15)25-19(14-22)11-12-21(2)17-6-4-5-16(13-17)20(23)24/h4-10,13-14,19H,3,11-12H2,1-2H3,(H,23,24). The van der Waals surface area contributed by atoms with E-state index in [1.165, 1.54) is 5.56 Å². The van der Waals surface area contributed by atoms with Gasteiger partial charge in [-0.15, -0.1) is 0 Å². The number of carboxylic acids is 1. The van der Waals surface area contributed by atoms with Gasteiger partial charge in [0.25, 0.3) is 0 Å². The van der Waals surface area contributed by atoms with Crippen LogP contribution in [-0.2, 0) is 11.2 Å². The zero-order valence-corrected chi connectivity index (χ0v) is 14.5. The van der Waals surface area contributed by atoms with Gasteiger partial charge in [-0.3, -0.25) is 4.79 Å². The van der Waals surface area contributed by atoms with Gasteiger partial charge >= 0.3 is 5.97 Å². The molecule has 1 atom stereocenters. The van der Waals surface area contributed by atoms with Crippen molar-refractivity contribution in [2.75, 3.05) is 18.5 Å². The van der Waals surface area contributed by atoms with Crippen LogP contribution in [0, 0.1) is 0 Å². The zero-order chi connectivity index (χ0) is 18.2. The predicted octanol–water partition coefficient (Wildman–Crippen LogP) is 3.42. The van der Waals surface area contributed by atoms with E-state index < -0.39 is 12.1 Å². The van der Waals surface area contributed by atoms with Crippen molar-refractivity contribution >= 4 is 17.9 Å². The number of hydrogen-bond donors (Lipinski definition) is 1. The average molecular weight is 341 g/mol. The van der Waals surface area contributed by atoms with E-state index in [-0.39, 0.29) is 5.56 Å². The minimum absolute atomic E-state index is 0.239. The maximum absolute atomic E-state index is 11.3. The third kappa shape index (κ3) is 5.35. The second-order valence-electron chi connectivity index (χ2n) is 5.86. The zero-order valence-electron chi connectivity index (χ0n) is 14.5. The van der Waals surface area contributed by atoms with E-state index in [0.29, 0.717) is 18.7 Å². The molecule has 1 N–H and O–H groups in total. The summed E-state index contributed by atoms with van der Waals surface area (Å²) in [5, 5.41) is 9.06. The van der Waals surface area contributed by atoms with Gasteiger partial charge in [0.1, 0.15) is 5.75 Å². The molecule has 0 amide bonds. The minimum Gasteiger partial charge on any atom is -0.483 e. The number of hydrogen-bond acceptors (Lipinski definition) is 4. The molecule has 132 valence electrons. The highest BCUT2D eigenvalue weighted by atomic mass is 16.5. The number of carbonyl (C=O) groups excluding carboxylic acids is 1. The summed E-state index contributed by atoms with van der Waals surface area (Å²) in [5.74, 6) is -0.287. The molecule has 0 heterocycles. The van der Waals surface area contributed by atoms with Crippen LogP contribution < -0.4 is 9.64 Å². The Hall–Kier alpha value is -2.82. The molecule has 1 unspecified atom stereocenters. The van der Waals surface area contributed by atoms with Crippen molar-refractivity contribution in [1.82, 2.24) is 0 Å². The van der Waals surface area contributed by atoms with E-state index in [1.807, 2.05) is 42.3 Å². The maximum atomic E-state index is 11.3. The first-order valence-corrected chi connectivity index (χ1v) is 8.29. The van der Waals surface area contributed by atoms with Crippen molar-refractivity contribution in [3.8, 4) is 5.75 Å². The minimum atomic E-state index is -0.958. The summed E-state index contributed by atoms with van der Waals surface area (Å²) in [5.41, 5.74) is 2.24. The molecule has 0 saturated heterocycles. The number of nitrogens with zero attached hydrogens (tertiary/aromatic N) is 1.